The summed E-state index contributed by atoms with van der Waals surface area (Å²) in [5.41, 5.74) is 0. The molecular weight excluding hydrogens is 260 g/mol. The molecule has 1 atom stereocenters. The van der Waals surface area contributed by atoms with Crippen LogP contribution in [0.5, 0.6) is 0 Å². The minimum atomic E-state index is -3.55. The van der Waals surface area contributed by atoms with Crippen LogP contribution >= 0.6 is 0 Å². The molecule has 1 aliphatic carbocycles. The number of ketones is 1. The van der Waals surface area contributed by atoms with Crippen molar-refractivity contribution in [2.45, 2.75) is 31.6 Å². The van der Waals surface area contributed by atoms with Gasteiger partial charge < -0.3 is 0 Å². The van der Waals surface area contributed by atoms with E-state index in [4.69, 9.17) is 0 Å². The molecule has 19 heavy (non-hydrogen) atoms. The van der Waals surface area contributed by atoms with Gasteiger partial charge in [-0.3, -0.25) is 4.79 Å². The Kier molecular flexibility index (Phi) is 3.90. The Hall–Kier alpha value is -1.42. The number of hydrogen-bond donors (Lipinski definition) is 0. The van der Waals surface area contributed by atoms with Crippen LogP contribution in [-0.4, -0.2) is 14.2 Å². The lowest BCUT2D eigenvalue weighted by molar-refractivity contribution is -0.115. The monoisotopic (exact) mass is 278 g/mol. The number of hydrogen-bond acceptors (Lipinski definition) is 3. The van der Waals surface area contributed by atoms with E-state index in [1.165, 1.54) is 6.08 Å². The highest BCUT2D eigenvalue weighted by atomic mass is 32.2. The van der Waals surface area contributed by atoms with Gasteiger partial charge in [0.15, 0.2) is 5.78 Å². The molecule has 0 saturated carbocycles. The van der Waals surface area contributed by atoms with Gasteiger partial charge >= 0.3 is 0 Å². The minimum Gasteiger partial charge on any atom is -0.295 e. The predicted molar refractivity (Wildman–Crippen MR) is 74.3 cm³/mol. The first-order chi connectivity index (χ1) is 8.93. The van der Waals surface area contributed by atoms with Crippen LogP contribution in [-0.2, 0) is 14.6 Å². The van der Waals surface area contributed by atoms with E-state index in [2.05, 4.69) is 0 Å². The van der Waals surface area contributed by atoms with Crippen molar-refractivity contribution in [1.82, 2.24) is 0 Å². The van der Waals surface area contributed by atoms with Gasteiger partial charge in [0.05, 0.1) is 9.80 Å². The van der Waals surface area contributed by atoms with Gasteiger partial charge in [0, 0.05) is 6.42 Å². The number of carbonyl (C=O) groups is 1. The van der Waals surface area contributed by atoms with Crippen molar-refractivity contribution in [3.8, 4) is 0 Å². The quantitative estimate of drug-likeness (QED) is 0.854. The average molecular weight is 278 g/mol. The molecule has 0 spiro atoms. The van der Waals surface area contributed by atoms with E-state index in [1.54, 1.807) is 30.3 Å². The first-order valence-electron chi connectivity index (χ1n) is 6.47. The topological polar surface area (TPSA) is 51.2 Å². The van der Waals surface area contributed by atoms with Gasteiger partial charge in [-0.25, -0.2) is 8.42 Å². The van der Waals surface area contributed by atoms with Crippen molar-refractivity contribution in [3.05, 3.63) is 41.3 Å². The maximum atomic E-state index is 12.6. The number of allylic oxidation sites excluding steroid dienone is 2. The van der Waals surface area contributed by atoms with Gasteiger partial charge in [-0.15, -0.1) is 0 Å². The van der Waals surface area contributed by atoms with Crippen molar-refractivity contribution in [2.24, 2.45) is 11.8 Å². The summed E-state index contributed by atoms with van der Waals surface area (Å²) in [7, 11) is -3.55. The summed E-state index contributed by atoms with van der Waals surface area (Å²) < 4.78 is 25.3. The van der Waals surface area contributed by atoms with Gasteiger partial charge in [0.25, 0.3) is 0 Å². The number of rotatable bonds is 3. The van der Waals surface area contributed by atoms with Gasteiger partial charge in [-0.1, -0.05) is 32.0 Å². The Morgan fingerprint density at radius 2 is 1.79 bits per heavy atom. The lowest BCUT2D eigenvalue weighted by Gasteiger charge is -2.26. The fourth-order valence-electron chi connectivity index (χ4n) is 2.45. The molecule has 0 aromatic heterocycles. The van der Waals surface area contributed by atoms with E-state index < -0.39 is 9.84 Å². The summed E-state index contributed by atoms with van der Waals surface area (Å²) in [6.45, 7) is 3.99. The SMILES string of the molecule is CC(C)C1CCC(=O)C=C1S(=O)(=O)c1ccccc1. The highest BCUT2D eigenvalue weighted by Crippen LogP contribution is 2.36. The van der Waals surface area contributed by atoms with Gasteiger partial charge in [0.1, 0.15) is 0 Å². The fourth-order valence-corrected chi connectivity index (χ4v) is 4.32. The molecule has 0 saturated heterocycles. The summed E-state index contributed by atoms with van der Waals surface area (Å²) in [5.74, 6) is 0.0483. The lowest BCUT2D eigenvalue weighted by atomic mass is 9.86. The van der Waals surface area contributed by atoms with Crippen LogP contribution in [0, 0.1) is 11.8 Å². The Morgan fingerprint density at radius 1 is 1.16 bits per heavy atom. The van der Waals surface area contributed by atoms with E-state index in [9.17, 15) is 13.2 Å². The summed E-state index contributed by atoms with van der Waals surface area (Å²) in [4.78, 5) is 12.1. The van der Waals surface area contributed by atoms with Gasteiger partial charge in [0.2, 0.25) is 9.84 Å². The molecule has 2 rings (SSSR count). The van der Waals surface area contributed by atoms with Crippen LogP contribution in [0.1, 0.15) is 26.7 Å². The molecule has 0 aliphatic heterocycles. The Bertz CT molecular complexity index is 598. The van der Waals surface area contributed by atoms with Crippen molar-refractivity contribution in [1.29, 1.82) is 0 Å². The van der Waals surface area contributed by atoms with E-state index in [1.807, 2.05) is 13.8 Å². The average Bonchev–Trinajstić information content (AvgIpc) is 2.39. The van der Waals surface area contributed by atoms with E-state index in [0.29, 0.717) is 12.8 Å². The van der Waals surface area contributed by atoms with Crippen LogP contribution in [0.3, 0.4) is 0 Å². The van der Waals surface area contributed by atoms with E-state index in [0.717, 1.165) is 0 Å². The Balaban J connectivity index is 2.51. The molecule has 1 aromatic carbocycles. The van der Waals surface area contributed by atoms with Crippen molar-refractivity contribution in [2.75, 3.05) is 0 Å². The molecule has 0 amide bonds. The summed E-state index contributed by atoms with van der Waals surface area (Å²) >= 11 is 0. The maximum absolute atomic E-state index is 12.6. The molecule has 1 aromatic rings. The molecule has 0 bridgehead atoms. The highest BCUT2D eigenvalue weighted by molar-refractivity contribution is 7.95. The normalized spacial score (nSPS) is 20.5. The first kappa shape index (κ1) is 14.0. The number of benzene rings is 1. The molecule has 0 N–H and O–H groups in total. The number of sulfone groups is 1. The van der Waals surface area contributed by atoms with Crippen LogP contribution in [0.4, 0.5) is 0 Å². The molecular formula is C15H18O3S. The van der Waals surface area contributed by atoms with Crippen LogP contribution in [0.2, 0.25) is 0 Å². The van der Waals surface area contributed by atoms with Crippen molar-refractivity contribution < 1.29 is 13.2 Å². The molecule has 1 unspecified atom stereocenters. The van der Waals surface area contributed by atoms with Gasteiger partial charge in [-0.2, -0.15) is 0 Å². The maximum Gasteiger partial charge on any atom is 0.203 e. The van der Waals surface area contributed by atoms with E-state index >= 15 is 0 Å². The van der Waals surface area contributed by atoms with E-state index in [-0.39, 0.29) is 27.4 Å². The third kappa shape index (κ3) is 2.78. The first-order valence-corrected chi connectivity index (χ1v) is 7.96. The predicted octanol–water partition coefficient (Wildman–Crippen LogP) is 2.98. The second-order valence-electron chi connectivity index (χ2n) is 5.22. The Labute approximate surface area is 114 Å². The van der Waals surface area contributed by atoms with Crippen molar-refractivity contribution >= 4 is 15.6 Å². The smallest absolute Gasteiger partial charge is 0.203 e. The molecule has 0 fully saturated rings. The van der Waals surface area contributed by atoms with Crippen LogP contribution in [0.15, 0.2) is 46.2 Å². The highest BCUT2D eigenvalue weighted by Gasteiger charge is 2.33. The van der Waals surface area contributed by atoms with Crippen LogP contribution < -0.4 is 0 Å². The van der Waals surface area contributed by atoms with Crippen molar-refractivity contribution in [3.63, 3.8) is 0 Å². The molecule has 102 valence electrons. The fraction of sp³-hybridized carbons (Fsp3) is 0.400. The number of carbonyl (C=O) groups excluding carboxylic acids is 1. The third-order valence-electron chi connectivity index (χ3n) is 3.54. The second-order valence-corrected chi connectivity index (χ2v) is 7.17. The Morgan fingerprint density at radius 3 is 2.37 bits per heavy atom. The van der Waals surface area contributed by atoms with Crippen LogP contribution in [0.25, 0.3) is 0 Å². The second kappa shape index (κ2) is 5.29. The zero-order valence-corrected chi connectivity index (χ0v) is 12.0. The molecule has 0 heterocycles. The molecule has 0 radical (unpaired) electrons. The van der Waals surface area contributed by atoms with Gasteiger partial charge in [-0.05, 0) is 36.5 Å². The standard InChI is InChI=1S/C15H18O3S/c1-11(2)14-9-8-12(16)10-15(14)19(17,18)13-6-4-3-5-7-13/h3-7,10-11,14H,8-9H2,1-2H3. The lowest BCUT2D eigenvalue weighted by Crippen LogP contribution is -2.24. The summed E-state index contributed by atoms with van der Waals surface area (Å²) in [5, 5.41) is 0. The molecule has 4 heteroatoms. The zero-order chi connectivity index (χ0) is 14.0. The summed E-state index contributed by atoms with van der Waals surface area (Å²) in [6, 6.07) is 8.32. The third-order valence-corrected chi connectivity index (χ3v) is 5.47. The minimum absolute atomic E-state index is 0.0668. The zero-order valence-electron chi connectivity index (χ0n) is 11.2. The largest absolute Gasteiger partial charge is 0.295 e. The molecule has 3 nitrogen and oxygen atoms in total. The molecule has 1 aliphatic rings. The summed E-state index contributed by atoms with van der Waals surface area (Å²) in [6.07, 6.45) is 2.39.